The number of allylic oxidation sites excluding steroid dienone is 1. The minimum Gasteiger partial charge on any atom is -0.492 e. The van der Waals surface area contributed by atoms with Crippen molar-refractivity contribution in [2.45, 2.75) is 94.2 Å². The first kappa shape index (κ1) is 37.3. The fraction of sp³-hybridized carbons (Fsp3) is 0.583. The molecule has 4 aliphatic rings. The molecule has 2 aliphatic heterocycles. The van der Waals surface area contributed by atoms with Crippen LogP contribution in [0.25, 0.3) is 10.8 Å². The maximum atomic E-state index is 14.4. The van der Waals surface area contributed by atoms with Gasteiger partial charge in [0.05, 0.1) is 19.3 Å². The normalized spacial score (nSPS) is 30.8. The van der Waals surface area contributed by atoms with Crippen LogP contribution in [0, 0.1) is 17.8 Å². The molecule has 282 valence electrons. The average molecular weight is 744 g/mol. The second kappa shape index (κ2) is 14.5. The molecule has 1 saturated heterocycles. The first-order chi connectivity index (χ1) is 24.7. The van der Waals surface area contributed by atoms with Crippen LogP contribution in [0.3, 0.4) is 0 Å². The first-order valence-corrected chi connectivity index (χ1v) is 19.3. The maximum Gasteiger partial charge on any atom is 0.405 e. The predicted octanol–water partition coefficient (Wildman–Crippen LogP) is 3.45. The number of carboxylic acid groups (broad SMARTS) is 1. The number of hydrogen-bond donors (Lipinski definition) is 4. The van der Waals surface area contributed by atoms with E-state index in [0.29, 0.717) is 37.0 Å². The Labute approximate surface area is 301 Å². The van der Waals surface area contributed by atoms with Crippen LogP contribution < -0.4 is 24.8 Å². The standard InChI is InChI=1S/C36H46FN5O9S/c1-4-50-28-18-38-31(26-12-8-7-11-25(26)28)51-24-16-27-30(43)40-36(33(45)41-52(48,49)35(20-37)13-14-35)17-23(36)10-6-5-9-21(2)15-22(3)29(39-34(46)47)32(44)42(27)19-24/h6-8,10-12,18,21-24,27,29,39H,4-5,9,13-17,19-20H2,1-3H3,(H,40,43)(H,41,45)(H,46,47)/b10-6-/t21-,22+,23+,24+,27-,29-,36+/m0/s1. The summed E-state index contributed by atoms with van der Waals surface area (Å²) in [7, 11) is -4.38. The van der Waals surface area contributed by atoms with Gasteiger partial charge in [0.1, 0.15) is 40.9 Å². The SMILES string of the molecule is CCOc1cnc(O[C@@H]2C[C@H]3C(=O)N[C@]4(C(=O)NS(=O)(=O)C5(CF)CC5)C[C@H]4/C=C\CC[C@H](C)C[C@@H](C)[C@H](NC(=O)O)C(=O)N3C2)c2ccccc12. The molecule has 2 saturated carbocycles. The van der Waals surface area contributed by atoms with Crippen LogP contribution >= 0.6 is 0 Å². The topological polar surface area (TPSA) is 193 Å². The Hall–Kier alpha value is -4.47. The first-order valence-electron chi connectivity index (χ1n) is 17.8. The zero-order valence-corrected chi connectivity index (χ0v) is 30.3. The second-order valence-electron chi connectivity index (χ2n) is 14.7. The van der Waals surface area contributed by atoms with Gasteiger partial charge in [-0.1, -0.05) is 44.2 Å². The van der Waals surface area contributed by atoms with E-state index < -0.39 is 80.8 Å². The number of pyridine rings is 1. The summed E-state index contributed by atoms with van der Waals surface area (Å²) in [6.45, 7) is 4.83. The Morgan fingerprint density at radius 3 is 2.56 bits per heavy atom. The highest BCUT2D eigenvalue weighted by atomic mass is 32.2. The quantitative estimate of drug-likeness (QED) is 0.277. The van der Waals surface area contributed by atoms with Crippen LogP contribution in [0.1, 0.15) is 65.7 Å². The van der Waals surface area contributed by atoms with Crippen molar-refractivity contribution in [1.82, 2.24) is 25.2 Å². The summed E-state index contributed by atoms with van der Waals surface area (Å²) in [6.07, 6.45) is 5.07. The minimum absolute atomic E-state index is 0.0349. The fourth-order valence-corrected chi connectivity index (χ4v) is 8.97. The van der Waals surface area contributed by atoms with Gasteiger partial charge in [-0.3, -0.25) is 19.1 Å². The minimum atomic E-state index is -4.38. The van der Waals surface area contributed by atoms with E-state index in [9.17, 15) is 37.1 Å². The number of carbonyl (C=O) groups excluding carboxylic acids is 3. The molecule has 6 rings (SSSR count). The number of nitrogens with one attached hydrogen (secondary N) is 3. The molecular formula is C36H46FN5O9S. The molecule has 0 radical (unpaired) electrons. The largest absolute Gasteiger partial charge is 0.492 e. The molecule has 2 aromatic rings. The van der Waals surface area contributed by atoms with Crippen LogP contribution in [-0.2, 0) is 24.4 Å². The number of sulfonamides is 1. The molecule has 0 spiro atoms. The van der Waals surface area contributed by atoms with Gasteiger partial charge in [0.15, 0.2) is 0 Å². The highest BCUT2D eigenvalue weighted by Gasteiger charge is 2.64. The number of rotatable bonds is 9. The third-order valence-electron chi connectivity index (χ3n) is 10.8. The lowest BCUT2D eigenvalue weighted by molar-refractivity contribution is -0.142. The third-order valence-corrected chi connectivity index (χ3v) is 13.0. The molecule has 7 atom stereocenters. The molecular weight excluding hydrogens is 697 g/mol. The van der Waals surface area contributed by atoms with Crippen molar-refractivity contribution in [2.24, 2.45) is 17.8 Å². The lowest BCUT2D eigenvalue weighted by Crippen LogP contribution is -2.59. The Kier molecular flexibility index (Phi) is 10.4. The number of carbonyl (C=O) groups is 4. The monoisotopic (exact) mass is 743 g/mol. The van der Waals surface area contributed by atoms with Gasteiger partial charge in [-0.25, -0.2) is 22.6 Å². The molecule has 0 unspecified atom stereocenters. The fourth-order valence-electron chi connectivity index (χ4n) is 7.55. The van der Waals surface area contributed by atoms with Crippen molar-refractivity contribution in [2.75, 3.05) is 19.8 Å². The van der Waals surface area contributed by atoms with Gasteiger partial charge >= 0.3 is 6.09 Å². The van der Waals surface area contributed by atoms with Crippen molar-refractivity contribution in [3.05, 3.63) is 42.6 Å². The van der Waals surface area contributed by atoms with E-state index in [1.54, 1.807) is 13.0 Å². The molecule has 4 N–H and O–H groups in total. The van der Waals surface area contributed by atoms with Crippen molar-refractivity contribution in [3.63, 3.8) is 0 Å². The van der Waals surface area contributed by atoms with E-state index >= 15 is 0 Å². The van der Waals surface area contributed by atoms with Crippen LogP contribution in [0.4, 0.5) is 9.18 Å². The molecule has 4 amide bonds. The summed E-state index contributed by atoms with van der Waals surface area (Å²) >= 11 is 0. The van der Waals surface area contributed by atoms with Gasteiger partial charge in [0.2, 0.25) is 27.7 Å². The van der Waals surface area contributed by atoms with Gasteiger partial charge in [-0.2, -0.15) is 0 Å². The molecule has 1 aromatic carbocycles. The molecule has 14 nitrogen and oxygen atoms in total. The van der Waals surface area contributed by atoms with Crippen molar-refractivity contribution >= 4 is 44.6 Å². The number of amides is 4. The Morgan fingerprint density at radius 2 is 1.88 bits per heavy atom. The van der Waals surface area contributed by atoms with E-state index in [-0.39, 0.29) is 44.0 Å². The van der Waals surface area contributed by atoms with Gasteiger partial charge in [-0.15, -0.1) is 0 Å². The summed E-state index contributed by atoms with van der Waals surface area (Å²) in [5, 5.41) is 16.3. The van der Waals surface area contributed by atoms with Crippen LogP contribution in [-0.4, -0.2) is 95.5 Å². The van der Waals surface area contributed by atoms with E-state index in [2.05, 4.69) is 20.3 Å². The molecule has 0 bridgehead atoms. The molecule has 16 heteroatoms. The molecule has 3 heterocycles. The van der Waals surface area contributed by atoms with Crippen LogP contribution in [0.5, 0.6) is 11.6 Å². The smallest absolute Gasteiger partial charge is 0.405 e. The van der Waals surface area contributed by atoms with Gasteiger partial charge in [-0.05, 0) is 63.4 Å². The number of fused-ring (bicyclic) bond motifs is 3. The lowest BCUT2D eigenvalue weighted by atomic mass is 9.88. The third kappa shape index (κ3) is 7.26. The highest BCUT2D eigenvalue weighted by molar-refractivity contribution is 7.91. The number of benzene rings is 1. The van der Waals surface area contributed by atoms with Gasteiger partial charge in [0, 0.05) is 23.1 Å². The number of halogens is 1. The Morgan fingerprint density at radius 1 is 1.15 bits per heavy atom. The van der Waals surface area contributed by atoms with Crippen molar-refractivity contribution in [1.29, 1.82) is 0 Å². The zero-order chi connectivity index (χ0) is 37.4. The Bertz CT molecular complexity index is 1870. The van der Waals surface area contributed by atoms with Crippen molar-refractivity contribution < 1.29 is 46.6 Å². The van der Waals surface area contributed by atoms with E-state index in [0.717, 1.165) is 5.39 Å². The number of ether oxygens (including phenoxy) is 2. The summed E-state index contributed by atoms with van der Waals surface area (Å²) in [4.78, 5) is 60.2. The number of alkyl halides is 1. The van der Waals surface area contributed by atoms with E-state index in [4.69, 9.17) is 9.47 Å². The van der Waals surface area contributed by atoms with Crippen molar-refractivity contribution in [3.8, 4) is 11.6 Å². The van der Waals surface area contributed by atoms with Crippen LogP contribution in [0.15, 0.2) is 42.6 Å². The number of hydrogen-bond acceptors (Lipinski definition) is 9. The zero-order valence-electron chi connectivity index (χ0n) is 29.5. The summed E-state index contributed by atoms with van der Waals surface area (Å²) in [5.74, 6) is -2.42. The molecule has 2 aliphatic carbocycles. The predicted molar refractivity (Wildman–Crippen MR) is 188 cm³/mol. The summed E-state index contributed by atoms with van der Waals surface area (Å²) < 4.78 is 52.4. The Balaban J connectivity index is 1.34. The van der Waals surface area contributed by atoms with Gasteiger partial charge in [0.25, 0.3) is 5.91 Å². The number of nitrogens with zero attached hydrogens (tertiary/aromatic N) is 2. The van der Waals surface area contributed by atoms with E-state index in [1.165, 1.54) is 11.1 Å². The average Bonchev–Trinajstić information content (AvgIpc) is 4.01. The summed E-state index contributed by atoms with van der Waals surface area (Å²) in [6, 6.07) is 4.93. The molecule has 1 aromatic heterocycles. The van der Waals surface area contributed by atoms with Crippen LogP contribution in [0.2, 0.25) is 0 Å². The maximum absolute atomic E-state index is 14.4. The molecule has 3 fully saturated rings. The second-order valence-corrected chi connectivity index (χ2v) is 16.7. The molecule has 52 heavy (non-hydrogen) atoms. The highest BCUT2D eigenvalue weighted by Crippen LogP contribution is 2.48. The number of aromatic nitrogens is 1. The van der Waals surface area contributed by atoms with E-state index in [1.807, 2.05) is 44.2 Å². The van der Waals surface area contributed by atoms with Gasteiger partial charge < -0.3 is 30.1 Å². The summed E-state index contributed by atoms with van der Waals surface area (Å²) in [5.41, 5.74) is -1.66. The lowest BCUT2D eigenvalue weighted by Gasteiger charge is -2.32.